The average Bonchev–Trinajstić information content (AvgIpc) is 3.73. The Hall–Kier alpha value is -5.15. The van der Waals surface area contributed by atoms with Crippen molar-refractivity contribution < 1.29 is 4.79 Å². The molecule has 0 fully saturated rings. The highest BCUT2D eigenvalue weighted by molar-refractivity contribution is 7.08. The highest BCUT2D eigenvalue weighted by Crippen LogP contribution is 2.32. The zero-order valence-electron chi connectivity index (χ0n) is 19.8. The number of amides is 1. The van der Waals surface area contributed by atoms with Crippen molar-refractivity contribution >= 4 is 45.0 Å². The van der Waals surface area contributed by atoms with Gasteiger partial charge in [0.15, 0.2) is 11.5 Å². The number of H-pyrrole nitrogens is 2. The summed E-state index contributed by atoms with van der Waals surface area (Å²) in [6.45, 7) is 0. The average molecular weight is 514 g/mol. The largest absolute Gasteiger partial charge is 0.336 e. The van der Waals surface area contributed by atoms with Crippen LogP contribution in [0, 0.1) is 0 Å². The van der Waals surface area contributed by atoms with Crippen LogP contribution in [-0.2, 0) is 0 Å². The topological polar surface area (TPSA) is 112 Å². The van der Waals surface area contributed by atoms with Gasteiger partial charge >= 0.3 is 0 Å². The van der Waals surface area contributed by atoms with Crippen LogP contribution < -0.4 is 5.32 Å². The summed E-state index contributed by atoms with van der Waals surface area (Å²) >= 11 is 1.66. The number of nitrogens with zero attached hydrogens (tertiary/aromatic N) is 4. The van der Waals surface area contributed by atoms with Gasteiger partial charge in [-0.05, 0) is 58.8 Å². The molecule has 0 aliphatic heterocycles. The Morgan fingerprint density at radius 2 is 1.76 bits per heavy atom. The van der Waals surface area contributed by atoms with Crippen LogP contribution >= 0.6 is 11.3 Å². The number of pyridine rings is 2. The van der Waals surface area contributed by atoms with Gasteiger partial charge in [0.1, 0.15) is 5.52 Å². The molecule has 7 rings (SSSR count). The number of hydrogen-bond donors (Lipinski definition) is 3. The molecule has 182 valence electrons. The van der Waals surface area contributed by atoms with Crippen molar-refractivity contribution in [3.05, 3.63) is 102 Å². The molecule has 8 nitrogen and oxygen atoms in total. The number of anilines is 1. The van der Waals surface area contributed by atoms with E-state index in [0.29, 0.717) is 34.0 Å². The lowest BCUT2D eigenvalue weighted by atomic mass is 10.1. The number of thiophene rings is 1. The van der Waals surface area contributed by atoms with Crippen LogP contribution in [0.3, 0.4) is 0 Å². The Balaban J connectivity index is 1.25. The number of carbonyl (C=O) groups excluding carboxylic acids is 1. The van der Waals surface area contributed by atoms with Gasteiger partial charge in [0.2, 0.25) is 0 Å². The van der Waals surface area contributed by atoms with E-state index in [-0.39, 0.29) is 5.91 Å². The normalized spacial score (nSPS) is 11.3. The Bertz CT molecular complexity index is 1920. The van der Waals surface area contributed by atoms with Crippen molar-refractivity contribution in [1.82, 2.24) is 30.1 Å². The van der Waals surface area contributed by atoms with Crippen LogP contribution in [0.5, 0.6) is 0 Å². The van der Waals surface area contributed by atoms with E-state index >= 15 is 0 Å². The van der Waals surface area contributed by atoms with Gasteiger partial charge in [-0.2, -0.15) is 16.4 Å². The van der Waals surface area contributed by atoms with E-state index in [2.05, 4.69) is 48.4 Å². The molecular weight excluding hydrogens is 494 g/mol. The Labute approximate surface area is 220 Å². The fourth-order valence-corrected chi connectivity index (χ4v) is 5.12. The number of nitrogens with one attached hydrogen (secondary N) is 3. The molecular formula is C29H19N7OS. The maximum absolute atomic E-state index is 12.6. The van der Waals surface area contributed by atoms with Crippen LogP contribution in [-0.4, -0.2) is 36.0 Å². The minimum absolute atomic E-state index is 0.197. The van der Waals surface area contributed by atoms with Crippen molar-refractivity contribution in [3.63, 3.8) is 0 Å². The van der Waals surface area contributed by atoms with Crippen LogP contribution in [0.1, 0.15) is 10.4 Å². The third-order valence-corrected chi connectivity index (χ3v) is 6.99. The SMILES string of the molecule is O=C(Nc1cncc(-c2ccc3[nH]nc(-c4nc5c(-c6ccsc6)cccc5[nH]4)c3n2)c1)c1ccccc1. The first-order chi connectivity index (χ1) is 18.7. The molecule has 2 aromatic carbocycles. The van der Waals surface area contributed by atoms with Gasteiger partial charge < -0.3 is 10.3 Å². The summed E-state index contributed by atoms with van der Waals surface area (Å²) in [5.41, 5.74) is 8.79. The van der Waals surface area contributed by atoms with E-state index in [1.165, 1.54) is 0 Å². The number of para-hydroxylation sites is 1. The number of carbonyl (C=O) groups is 1. The van der Waals surface area contributed by atoms with Crippen LogP contribution in [0.25, 0.3) is 56.0 Å². The monoisotopic (exact) mass is 513 g/mol. The summed E-state index contributed by atoms with van der Waals surface area (Å²) in [6, 6.07) is 23.0. The quantitative estimate of drug-likeness (QED) is 0.242. The number of aromatic amines is 2. The fourth-order valence-electron chi connectivity index (χ4n) is 4.46. The summed E-state index contributed by atoms with van der Waals surface area (Å²) in [7, 11) is 0. The molecule has 0 bridgehead atoms. The van der Waals surface area contributed by atoms with E-state index in [1.807, 2.05) is 48.5 Å². The summed E-state index contributed by atoms with van der Waals surface area (Å²) in [6.07, 6.45) is 3.34. The third kappa shape index (κ3) is 3.91. The number of hydrogen-bond acceptors (Lipinski definition) is 6. The molecule has 5 heterocycles. The van der Waals surface area contributed by atoms with Crippen molar-refractivity contribution in [3.8, 4) is 33.9 Å². The molecule has 0 saturated carbocycles. The van der Waals surface area contributed by atoms with Crippen molar-refractivity contribution in [1.29, 1.82) is 0 Å². The smallest absolute Gasteiger partial charge is 0.255 e. The summed E-state index contributed by atoms with van der Waals surface area (Å²) in [5, 5.41) is 14.7. The predicted molar refractivity (Wildman–Crippen MR) is 150 cm³/mol. The molecule has 1 amide bonds. The minimum atomic E-state index is -0.197. The lowest BCUT2D eigenvalue weighted by Crippen LogP contribution is -2.11. The first kappa shape index (κ1) is 22.1. The summed E-state index contributed by atoms with van der Waals surface area (Å²) in [4.78, 5) is 30.1. The second kappa shape index (κ2) is 9.06. The number of rotatable bonds is 5. The molecule has 3 N–H and O–H groups in total. The number of aromatic nitrogens is 6. The van der Waals surface area contributed by atoms with E-state index in [9.17, 15) is 4.79 Å². The van der Waals surface area contributed by atoms with Gasteiger partial charge in [0.25, 0.3) is 5.91 Å². The molecule has 0 radical (unpaired) electrons. The molecule has 5 aromatic heterocycles. The molecule has 0 unspecified atom stereocenters. The van der Waals surface area contributed by atoms with Crippen LogP contribution in [0.15, 0.2) is 96.0 Å². The molecule has 0 atom stereocenters. The summed E-state index contributed by atoms with van der Waals surface area (Å²) in [5.74, 6) is 0.442. The zero-order chi connectivity index (χ0) is 25.5. The molecule has 9 heteroatoms. The number of benzene rings is 2. The highest BCUT2D eigenvalue weighted by atomic mass is 32.1. The van der Waals surface area contributed by atoms with Gasteiger partial charge in [-0.1, -0.05) is 30.3 Å². The maximum atomic E-state index is 12.6. The lowest BCUT2D eigenvalue weighted by Gasteiger charge is -2.07. The molecule has 7 aromatic rings. The maximum Gasteiger partial charge on any atom is 0.255 e. The first-order valence-corrected chi connectivity index (χ1v) is 12.9. The molecule has 0 aliphatic rings. The Kier molecular flexibility index (Phi) is 5.26. The van der Waals surface area contributed by atoms with E-state index in [1.54, 1.807) is 35.9 Å². The van der Waals surface area contributed by atoms with Gasteiger partial charge in [0, 0.05) is 22.9 Å². The Morgan fingerprint density at radius 3 is 2.63 bits per heavy atom. The Morgan fingerprint density at radius 1 is 0.842 bits per heavy atom. The predicted octanol–water partition coefficient (Wildman–Crippen LogP) is 6.54. The lowest BCUT2D eigenvalue weighted by molar-refractivity contribution is 0.102. The van der Waals surface area contributed by atoms with E-state index < -0.39 is 0 Å². The second-order valence-electron chi connectivity index (χ2n) is 8.75. The highest BCUT2D eigenvalue weighted by Gasteiger charge is 2.17. The zero-order valence-corrected chi connectivity index (χ0v) is 20.7. The van der Waals surface area contributed by atoms with E-state index in [0.717, 1.165) is 33.2 Å². The minimum Gasteiger partial charge on any atom is -0.336 e. The van der Waals surface area contributed by atoms with Crippen LogP contribution in [0.2, 0.25) is 0 Å². The number of fused-ring (bicyclic) bond motifs is 2. The third-order valence-electron chi connectivity index (χ3n) is 6.30. The van der Waals surface area contributed by atoms with Gasteiger partial charge in [-0.15, -0.1) is 0 Å². The molecule has 38 heavy (non-hydrogen) atoms. The molecule has 0 spiro atoms. The second-order valence-corrected chi connectivity index (χ2v) is 9.53. The van der Waals surface area contributed by atoms with Crippen molar-refractivity contribution in [2.24, 2.45) is 0 Å². The van der Waals surface area contributed by atoms with E-state index in [4.69, 9.17) is 9.97 Å². The first-order valence-electron chi connectivity index (χ1n) is 11.9. The summed E-state index contributed by atoms with van der Waals surface area (Å²) < 4.78 is 0. The van der Waals surface area contributed by atoms with Gasteiger partial charge in [0.05, 0.1) is 34.1 Å². The van der Waals surface area contributed by atoms with Crippen molar-refractivity contribution in [2.75, 3.05) is 5.32 Å². The van der Waals surface area contributed by atoms with Crippen molar-refractivity contribution in [2.45, 2.75) is 0 Å². The van der Waals surface area contributed by atoms with Gasteiger partial charge in [-0.25, -0.2) is 9.97 Å². The molecule has 0 aliphatic carbocycles. The fraction of sp³-hybridized carbons (Fsp3) is 0. The number of imidazole rings is 1. The van der Waals surface area contributed by atoms with Gasteiger partial charge in [-0.3, -0.25) is 14.9 Å². The van der Waals surface area contributed by atoms with Crippen LogP contribution in [0.4, 0.5) is 5.69 Å². The standard InChI is InChI=1S/C29H19N7OS/c37-29(17-5-2-1-3-6-17)31-20-13-19(14-30-15-20)22-9-10-24-26(32-22)27(36-35-24)28-33-23-8-4-7-21(25(23)34-28)18-11-12-38-16-18/h1-16H,(H,31,37)(H,33,34)(H,35,36). The molecule has 0 saturated heterocycles.